The number of furan rings is 1. The first kappa shape index (κ1) is 16.3. The number of rotatable bonds is 7. The fourth-order valence-electron chi connectivity index (χ4n) is 3.07. The van der Waals surface area contributed by atoms with Crippen molar-refractivity contribution in [1.82, 2.24) is 10.2 Å². The quantitative estimate of drug-likeness (QED) is 0.768. The van der Waals surface area contributed by atoms with Crippen molar-refractivity contribution < 1.29 is 14.3 Å². The molecule has 2 N–H and O–H groups in total. The fraction of sp³-hybridized carbons (Fsp3) is 0.556. The lowest BCUT2D eigenvalue weighted by Gasteiger charge is -2.29. The van der Waals surface area contributed by atoms with Crippen LogP contribution in [0.4, 0.5) is 0 Å². The molecule has 5 heteroatoms. The molecule has 23 heavy (non-hydrogen) atoms. The summed E-state index contributed by atoms with van der Waals surface area (Å²) in [4.78, 5) is 2.43. The van der Waals surface area contributed by atoms with Gasteiger partial charge in [-0.3, -0.25) is 0 Å². The van der Waals surface area contributed by atoms with E-state index in [1.807, 2.05) is 18.2 Å². The molecule has 1 saturated heterocycles. The first-order valence-electron chi connectivity index (χ1n) is 8.42. The third-order valence-electron chi connectivity index (χ3n) is 4.46. The number of ether oxygens (including phenoxy) is 1. The maximum absolute atomic E-state index is 9.50. The van der Waals surface area contributed by atoms with Crippen molar-refractivity contribution in [2.45, 2.75) is 31.9 Å². The van der Waals surface area contributed by atoms with Crippen molar-refractivity contribution in [3.8, 4) is 5.75 Å². The van der Waals surface area contributed by atoms with Crippen LogP contribution in [-0.4, -0.2) is 49.4 Å². The van der Waals surface area contributed by atoms with E-state index in [1.165, 1.54) is 0 Å². The van der Waals surface area contributed by atoms with Gasteiger partial charge in [-0.25, -0.2) is 0 Å². The summed E-state index contributed by atoms with van der Waals surface area (Å²) in [5.41, 5.74) is 0.898. The predicted octanol–water partition coefficient (Wildman–Crippen LogP) is 2.38. The second-order valence-electron chi connectivity index (χ2n) is 6.22. The highest BCUT2D eigenvalue weighted by Crippen LogP contribution is 2.24. The van der Waals surface area contributed by atoms with Crippen molar-refractivity contribution >= 4 is 11.0 Å². The molecule has 1 aromatic heterocycles. The van der Waals surface area contributed by atoms with Crippen LogP contribution in [0.2, 0.25) is 0 Å². The SMILES string of the molecule is COc1ccc2oc(CNCCCN3CCC(O)CC3)cc2c1. The van der Waals surface area contributed by atoms with E-state index in [1.54, 1.807) is 7.11 Å². The number of likely N-dealkylation sites (tertiary alicyclic amines) is 1. The van der Waals surface area contributed by atoms with Gasteiger partial charge in [0.25, 0.3) is 0 Å². The minimum Gasteiger partial charge on any atom is -0.497 e. The van der Waals surface area contributed by atoms with Gasteiger partial charge in [0.05, 0.1) is 19.8 Å². The van der Waals surface area contributed by atoms with Crippen LogP contribution in [0.25, 0.3) is 11.0 Å². The molecule has 0 spiro atoms. The van der Waals surface area contributed by atoms with E-state index in [0.717, 1.165) is 74.5 Å². The largest absolute Gasteiger partial charge is 0.497 e. The molecule has 0 unspecified atom stereocenters. The summed E-state index contributed by atoms with van der Waals surface area (Å²) in [6, 6.07) is 7.92. The highest BCUT2D eigenvalue weighted by atomic mass is 16.5. The van der Waals surface area contributed by atoms with Gasteiger partial charge in [-0.2, -0.15) is 0 Å². The van der Waals surface area contributed by atoms with E-state index >= 15 is 0 Å². The molecule has 126 valence electrons. The summed E-state index contributed by atoms with van der Waals surface area (Å²) in [5.74, 6) is 1.80. The Kier molecular flexibility index (Phi) is 5.54. The number of hydrogen-bond acceptors (Lipinski definition) is 5. The van der Waals surface area contributed by atoms with E-state index in [2.05, 4.69) is 16.3 Å². The monoisotopic (exact) mass is 318 g/mol. The number of aliphatic hydroxyl groups is 1. The van der Waals surface area contributed by atoms with Crippen LogP contribution >= 0.6 is 0 Å². The first-order chi connectivity index (χ1) is 11.2. The van der Waals surface area contributed by atoms with E-state index in [0.29, 0.717) is 0 Å². The van der Waals surface area contributed by atoms with Gasteiger partial charge < -0.3 is 24.5 Å². The van der Waals surface area contributed by atoms with Crippen molar-refractivity contribution in [3.63, 3.8) is 0 Å². The Morgan fingerprint density at radius 3 is 2.91 bits per heavy atom. The van der Waals surface area contributed by atoms with Gasteiger partial charge in [0.2, 0.25) is 0 Å². The molecule has 1 aliphatic heterocycles. The van der Waals surface area contributed by atoms with Crippen LogP contribution in [0.1, 0.15) is 25.0 Å². The standard InChI is InChI=1S/C18H26N2O3/c1-22-16-3-4-18-14(11-16)12-17(23-18)13-19-7-2-8-20-9-5-15(21)6-10-20/h3-4,11-12,15,19,21H,2,5-10,13H2,1H3. The van der Waals surface area contributed by atoms with Crippen LogP contribution in [-0.2, 0) is 6.54 Å². The second-order valence-corrected chi connectivity index (χ2v) is 6.22. The number of nitrogens with zero attached hydrogens (tertiary/aromatic N) is 1. The lowest BCUT2D eigenvalue weighted by atomic mass is 10.1. The molecule has 1 fully saturated rings. The third kappa shape index (κ3) is 4.47. The highest BCUT2D eigenvalue weighted by molar-refractivity contribution is 5.79. The first-order valence-corrected chi connectivity index (χ1v) is 8.42. The zero-order valence-corrected chi connectivity index (χ0v) is 13.8. The number of hydrogen-bond donors (Lipinski definition) is 2. The van der Waals surface area contributed by atoms with Gasteiger partial charge >= 0.3 is 0 Å². The molecular weight excluding hydrogens is 292 g/mol. The topological polar surface area (TPSA) is 57.9 Å². The van der Waals surface area contributed by atoms with Crippen LogP contribution in [0.5, 0.6) is 5.75 Å². The zero-order valence-electron chi connectivity index (χ0n) is 13.8. The number of methoxy groups -OCH3 is 1. The Morgan fingerprint density at radius 2 is 2.13 bits per heavy atom. The molecule has 0 saturated carbocycles. The molecule has 3 rings (SSSR count). The lowest BCUT2D eigenvalue weighted by Crippen LogP contribution is -2.37. The highest BCUT2D eigenvalue weighted by Gasteiger charge is 2.15. The van der Waals surface area contributed by atoms with Gasteiger partial charge in [0.15, 0.2) is 0 Å². The lowest BCUT2D eigenvalue weighted by molar-refractivity contribution is 0.0821. The molecular formula is C18H26N2O3. The van der Waals surface area contributed by atoms with Crippen LogP contribution in [0.15, 0.2) is 28.7 Å². The molecule has 1 aliphatic rings. The minimum absolute atomic E-state index is 0.0870. The van der Waals surface area contributed by atoms with Gasteiger partial charge in [0, 0.05) is 18.5 Å². The number of nitrogens with one attached hydrogen (secondary N) is 1. The Balaban J connectivity index is 1.39. The molecule has 2 aromatic rings. The van der Waals surface area contributed by atoms with Crippen molar-refractivity contribution in [1.29, 1.82) is 0 Å². The van der Waals surface area contributed by atoms with Gasteiger partial charge in [0.1, 0.15) is 17.1 Å². The van der Waals surface area contributed by atoms with Gasteiger partial charge in [-0.1, -0.05) is 0 Å². The summed E-state index contributed by atoms with van der Waals surface area (Å²) in [6.45, 7) is 4.85. The number of benzene rings is 1. The zero-order chi connectivity index (χ0) is 16.1. The van der Waals surface area contributed by atoms with Crippen LogP contribution in [0.3, 0.4) is 0 Å². The number of fused-ring (bicyclic) bond motifs is 1. The molecule has 1 aromatic carbocycles. The van der Waals surface area contributed by atoms with Crippen LogP contribution in [0, 0.1) is 0 Å². The van der Waals surface area contributed by atoms with Crippen molar-refractivity contribution in [3.05, 3.63) is 30.0 Å². The van der Waals surface area contributed by atoms with E-state index < -0.39 is 0 Å². The van der Waals surface area contributed by atoms with Crippen molar-refractivity contribution in [2.75, 3.05) is 33.3 Å². The maximum Gasteiger partial charge on any atom is 0.134 e. The van der Waals surface area contributed by atoms with E-state index in [-0.39, 0.29) is 6.10 Å². The van der Waals surface area contributed by atoms with E-state index in [4.69, 9.17) is 9.15 Å². The molecule has 0 amide bonds. The van der Waals surface area contributed by atoms with Gasteiger partial charge in [-0.05, 0) is 56.6 Å². The minimum atomic E-state index is -0.0870. The van der Waals surface area contributed by atoms with Gasteiger partial charge in [-0.15, -0.1) is 0 Å². The fourth-order valence-corrected chi connectivity index (χ4v) is 3.07. The Bertz CT molecular complexity index is 618. The second kappa shape index (κ2) is 7.81. The summed E-state index contributed by atoms with van der Waals surface area (Å²) in [7, 11) is 1.67. The molecule has 2 heterocycles. The summed E-state index contributed by atoms with van der Waals surface area (Å²) in [6.07, 6.45) is 2.85. The Labute approximate surface area is 137 Å². The van der Waals surface area contributed by atoms with Crippen LogP contribution < -0.4 is 10.1 Å². The molecule has 0 atom stereocenters. The maximum atomic E-state index is 9.50. The average Bonchev–Trinajstić information content (AvgIpc) is 2.98. The molecule has 5 nitrogen and oxygen atoms in total. The Hall–Kier alpha value is -1.56. The average molecular weight is 318 g/mol. The smallest absolute Gasteiger partial charge is 0.134 e. The summed E-state index contributed by atoms with van der Waals surface area (Å²) in [5, 5.41) is 14.0. The summed E-state index contributed by atoms with van der Waals surface area (Å²) >= 11 is 0. The number of piperidine rings is 1. The molecule has 0 aliphatic carbocycles. The van der Waals surface area contributed by atoms with Crippen molar-refractivity contribution in [2.24, 2.45) is 0 Å². The molecule has 0 bridgehead atoms. The normalized spacial score (nSPS) is 17.0. The predicted molar refractivity (Wildman–Crippen MR) is 90.8 cm³/mol. The molecule has 0 radical (unpaired) electrons. The third-order valence-corrected chi connectivity index (χ3v) is 4.46. The van der Waals surface area contributed by atoms with E-state index in [9.17, 15) is 5.11 Å². The Morgan fingerprint density at radius 1 is 1.30 bits per heavy atom. The summed E-state index contributed by atoms with van der Waals surface area (Å²) < 4.78 is 11.1. The number of aliphatic hydroxyl groups excluding tert-OH is 1.